The summed E-state index contributed by atoms with van der Waals surface area (Å²) in [6.45, 7) is 4.36. The number of hydrogen-bond acceptors (Lipinski definition) is 3. The minimum atomic E-state index is 0.285. The molecule has 3 heteroatoms. The van der Waals surface area contributed by atoms with Gasteiger partial charge in [-0.15, -0.1) is 0 Å². The second-order valence-corrected chi connectivity index (χ2v) is 5.19. The lowest BCUT2D eigenvalue weighted by molar-refractivity contribution is -0.118. The van der Waals surface area contributed by atoms with Gasteiger partial charge in [0.25, 0.3) is 0 Å². The Balaban J connectivity index is 2.54. The summed E-state index contributed by atoms with van der Waals surface area (Å²) >= 11 is 0. The Bertz CT molecular complexity index is 410. The maximum atomic E-state index is 11.9. The van der Waals surface area contributed by atoms with Crippen molar-refractivity contribution < 1.29 is 14.3 Å². The third kappa shape index (κ3) is 5.33. The zero-order valence-corrected chi connectivity index (χ0v) is 12.4. The molecule has 0 fully saturated rings. The van der Waals surface area contributed by atoms with Crippen LogP contribution < -0.4 is 9.47 Å². The van der Waals surface area contributed by atoms with Gasteiger partial charge in [0.2, 0.25) is 0 Å². The molecule has 3 nitrogen and oxygen atoms in total. The van der Waals surface area contributed by atoms with Crippen LogP contribution in [0.4, 0.5) is 0 Å². The van der Waals surface area contributed by atoms with E-state index in [-0.39, 0.29) is 5.78 Å². The molecule has 1 aromatic carbocycles. The highest BCUT2D eigenvalue weighted by Crippen LogP contribution is 2.27. The minimum Gasteiger partial charge on any atom is -0.493 e. The molecular formula is C16H24O3. The first-order valence-electron chi connectivity index (χ1n) is 6.79. The molecule has 0 heterocycles. The molecule has 1 aromatic rings. The van der Waals surface area contributed by atoms with E-state index in [2.05, 4.69) is 13.8 Å². The molecule has 0 bridgehead atoms. The number of ketones is 1. The molecule has 0 aliphatic carbocycles. The molecule has 0 spiro atoms. The molecule has 0 saturated carbocycles. The zero-order chi connectivity index (χ0) is 14.3. The highest BCUT2D eigenvalue weighted by molar-refractivity contribution is 5.81. The van der Waals surface area contributed by atoms with Gasteiger partial charge in [0.1, 0.15) is 5.78 Å². The Morgan fingerprint density at radius 3 is 2.42 bits per heavy atom. The molecular weight excluding hydrogens is 240 g/mol. The molecule has 19 heavy (non-hydrogen) atoms. The van der Waals surface area contributed by atoms with Crippen LogP contribution in [0, 0.1) is 5.92 Å². The maximum absolute atomic E-state index is 11.9. The van der Waals surface area contributed by atoms with Crippen LogP contribution in [0.25, 0.3) is 0 Å². The lowest BCUT2D eigenvalue weighted by Gasteiger charge is -2.09. The number of ether oxygens (including phenoxy) is 2. The van der Waals surface area contributed by atoms with E-state index in [9.17, 15) is 4.79 Å². The van der Waals surface area contributed by atoms with E-state index in [1.165, 1.54) is 0 Å². The molecule has 1 rings (SSSR count). The van der Waals surface area contributed by atoms with Crippen molar-refractivity contribution in [3.8, 4) is 11.5 Å². The molecule has 0 saturated heterocycles. The second-order valence-electron chi connectivity index (χ2n) is 5.19. The lowest BCUT2D eigenvalue weighted by Crippen LogP contribution is -2.04. The number of benzene rings is 1. The zero-order valence-electron chi connectivity index (χ0n) is 12.4. The molecule has 0 amide bonds. The van der Waals surface area contributed by atoms with E-state index in [0.717, 1.165) is 18.4 Å². The largest absolute Gasteiger partial charge is 0.493 e. The summed E-state index contributed by atoms with van der Waals surface area (Å²) in [4.78, 5) is 11.9. The van der Waals surface area contributed by atoms with E-state index < -0.39 is 0 Å². The lowest BCUT2D eigenvalue weighted by atomic mass is 10.0. The Morgan fingerprint density at radius 2 is 1.84 bits per heavy atom. The van der Waals surface area contributed by atoms with Crippen LogP contribution >= 0.6 is 0 Å². The van der Waals surface area contributed by atoms with E-state index in [4.69, 9.17) is 9.47 Å². The molecule has 106 valence electrons. The molecule has 0 N–H and O–H groups in total. The molecule has 0 unspecified atom stereocenters. The number of hydrogen-bond donors (Lipinski definition) is 0. The van der Waals surface area contributed by atoms with Crippen LogP contribution in [0.2, 0.25) is 0 Å². The van der Waals surface area contributed by atoms with Gasteiger partial charge in [-0.1, -0.05) is 26.3 Å². The van der Waals surface area contributed by atoms with Gasteiger partial charge < -0.3 is 9.47 Å². The van der Waals surface area contributed by atoms with Gasteiger partial charge in [-0.2, -0.15) is 0 Å². The molecule has 0 aromatic heterocycles. The normalized spacial score (nSPS) is 10.6. The number of rotatable bonds is 8. The number of carbonyl (C=O) groups is 1. The third-order valence-corrected chi connectivity index (χ3v) is 3.09. The summed E-state index contributed by atoms with van der Waals surface area (Å²) in [6.07, 6.45) is 3.21. The fourth-order valence-corrected chi connectivity index (χ4v) is 2.01. The fourth-order valence-electron chi connectivity index (χ4n) is 2.01. The fraction of sp³-hybridized carbons (Fsp3) is 0.562. The van der Waals surface area contributed by atoms with Crippen molar-refractivity contribution in [2.75, 3.05) is 14.2 Å². The summed E-state index contributed by atoms with van der Waals surface area (Å²) in [5.41, 5.74) is 0.979. The van der Waals surface area contributed by atoms with Crippen molar-refractivity contribution in [1.82, 2.24) is 0 Å². The number of methoxy groups -OCH3 is 2. The third-order valence-electron chi connectivity index (χ3n) is 3.09. The van der Waals surface area contributed by atoms with E-state index in [1.807, 2.05) is 18.2 Å². The highest BCUT2D eigenvalue weighted by atomic mass is 16.5. The monoisotopic (exact) mass is 264 g/mol. The number of carbonyl (C=O) groups excluding carboxylic acids is 1. The van der Waals surface area contributed by atoms with Crippen LogP contribution in [0.1, 0.15) is 38.7 Å². The summed E-state index contributed by atoms with van der Waals surface area (Å²) in [5.74, 6) is 2.32. The minimum absolute atomic E-state index is 0.285. The standard InChI is InChI=1S/C16H24O3/c1-12(2)6-5-7-14(17)10-13-8-9-15(18-3)16(11-13)19-4/h8-9,11-12H,5-7,10H2,1-4H3. The summed E-state index contributed by atoms with van der Waals surface area (Å²) in [6, 6.07) is 5.64. The van der Waals surface area contributed by atoms with E-state index >= 15 is 0 Å². The predicted octanol–water partition coefficient (Wildman–Crippen LogP) is 3.64. The van der Waals surface area contributed by atoms with Gasteiger partial charge in [0, 0.05) is 12.8 Å². The molecule has 0 aliphatic heterocycles. The SMILES string of the molecule is COc1ccc(CC(=O)CCCC(C)C)cc1OC. The second kappa shape index (κ2) is 7.82. The Kier molecular flexibility index (Phi) is 6.40. The van der Waals surface area contributed by atoms with Gasteiger partial charge in [0.15, 0.2) is 11.5 Å². The predicted molar refractivity (Wildman–Crippen MR) is 76.9 cm³/mol. The van der Waals surface area contributed by atoms with Gasteiger partial charge in [-0.25, -0.2) is 0 Å². The summed E-state index contributed by atoms with van der Waals surface area (Å²) in [7, 11) is 3.21. The quantitative estimate of drug-likeness (QED) is 0.719. The van der Waals surface area contributed by atoms with Crippen LogP contribution in [-0.2, 0) is 11.2 Å². The van der Waals surface area contributed by atoms with Crippen LogP contribution in [0.5, 0.6) is 11.5 Å². The van der Waals surface area contributed by atoms with Crippen molar-refractivity contribution in [2.45, 2.75) is 39.5 Å². The van der Waals surface area contributed by atoms with Gasteiger partial charge >= 0.3 is 0 Å². The molecule has 0 radical (unpaired) electrons. The van der Waals surface area contributed by atoms with Crippen molar-refractivity contribution in [1.29, 1.82) is 0 Å². The summed E-state index contributed by atoms with van der Waals surface area (Å²) in [5, 5.41) is 0. The first-order chi connectivity index (χ1) is 9.06. The highest BCUT2D eigenvalue weighted by Gasteiger charge is 2.08. The number of Topliss-reactive ketones (excluding diaryl/α,β-unsaturated/α-hetero) is 1. The maximum Gasteiger partial charge on any atom is 0.161 e. The van der Waals surface area contributed by atoms with Crippen molar-refractivity contribution in [3.63, 3.8) is 0 Å². The van der Waals surface area contributed by atoms with Gasteiger partial charge in [-0.3, -0.25) is 4.79 Å². The van der Waals surface area contributed by atoms with Gasteiger partial charge in [-0.05, 0) is 30.0 Å². The van der Waals surface area contributed by atoms with Crippen LogP contribution in [0.3, 0.4) is 0 Å². The van der Waals surface area contributed by atoms with Crippen LogP contribution in [-0.4, -0.2) is 20.0 Å². The van der Waals surface area contributed by atoms with Crippen molar-refractivity contribution in [2.24, 2.45) is 5.92 Å². The average molecular weight is 264 g/mol. The van der Waals surface area contributed by atoms with Gasteiger partial charge in [0.05, 0.1) is 14.2 Å². The first kappa shape index (κ1) is 15.5. The molecule has 0 atom stereocenters. The van der Waals surface area contributed by atoms with Crippen molar-refractivity contribution in [3.05, 3.63) is 23.8 Å². The topological polar surface area (TPSA) is 35.5 Å². The van der Waals surface area contributed by atoms with E-state index in [0.29, 0.717) is 30.3 Å². The average Bonchev–Trinajstić information content (AvgIpc) is 2.38. The smallest absolute Gasteiger partial charge is 0.161 e. The first-order valence-corrected chi connectivity index (χ1v) is 6.79. The molecule has 0 aliphatic rings. The van der Waals surface area contributed by atoms with Crippen LogP contribution in [0.15, 0.2) is 18.2 Å². The summed E-state index contributed by atoms with van der Waals surface area (Å²) < 4.78 is 10.4. The Hall–Kier alpha value is -1.51. The Morgan fingerprint density at radius 1 is 1.16 bits per heavy atom. The van der Waals surface area contributed by atoms with E-state index in [1.54, 1.807) is 14.2 Å². The van der Waals surface area contributed by atoms with Crippen molar-refractivity contribution >= 4 is 5.78 Å². The Labute approximate surface area is 115 Å².